The van der Waals surface area contributed by atoms with Gasteiger partial charge in [-0.2, -0.15) is 0 Å². The van der Waals surface area contributed by atoms with Crippen molar-refractivity contribution in [3.8, 4) is 5.75 Å². The average Bonchev–Trinajstić information content (AvgIpc) is 2.44. The van der Waals surface area contributed by atoms with Gasteiger partial charge >= 0.3 is 0 Å². The van der Waals surface area contributed by atoms with Crippen molar-refractivity contribution in [1.82, 2.24) is 4.90 Å². The van der Waals surface area contributed by atoms with Crippen molar-refractivity contribution in [1.29, 1.82) is 0 Å². The minimum Gasteiger partial charge on any atom is -0.494 e. The molecule has 1 amide bonds. The summed E-state index contributed by atoms with van der Waals surface area (Å²) < 4.78 is 19.4. The van der Waals surface area contributed by atoms with Crippen molar-refractivity contribution in [2.75, 3.05) is 13.7 Å². The fourth-order valence-electron chi connectivity index (χ4n) is 1.99. The zero-order valence-electron chi connectivity index (χ0n) is 12.0. The van der Waals surface area contributed by atoms with E-state index in [9.17, 15) is 9.18 Å². The second-order valence-electron chi connectivity index (χ2n) is 4.58. The molecule has 1 aromatic carbocycles. The Balaban J connectivity index is 0.00000220. The first-order valence-electron chi connectivity index (χ1n) is 6.49. The van der Waals surface area contributed by atoms with Gasteiger partial charge in [-0.05, 0) is 18.6 Å². The van der Waals surface area contributed by atoms with Crippen LogP contribution in [0.1, 0.15) is 25.3 Å². The third kappa shape index (κ3) is 4.48. The molecular weight excluding hydrogens is 461 g/mol. The predicted molar refractivity (Wildman–Crippen MR) is 84.0 cm³/mol. The van der Waals surface area contributed by atoms with Crippen molar-refractivity contribution >= 4 is 34.2 Å². The maximum Gasteiger partial charge on any atom is 0.235 e. The average molecular weight is 477 g/mol. The minimum absolute atomic E-state index is 0. The van der Waals surface area contributed by atoms with Gasteiger partial charge in [0.15, 0.2) is 0 Å². The minimum atomic E-state index is -0.396. The second kappa shape index (κ2) is 8.58. The Hall–Kier alpha value is -0.00610. The van der Waals surface area contributed by atoms with Gasteiger partial charge < -0.3 is 9.64 Å². The van der Waals surface area contributed by atoms with Crippen LogP contribution in [0.2, 0.25) is 0 Å². The van der Waals surface area contributed by atoms with E-state index in [-0.39, 0.29) is 42.5 Å². The van der Waals surface area contributed by atoms with Crippen molar-refractivity contribution in [2.24, 2.45) is 0 Å². The molecular formula is C15H16FINO2Y-. The number of hydrogen-bond acceptors (Lipinski definition) is 2. The molecule has 1 heterocycles. The van der Waals surface area contributed by atoms with Crippen molar-refractivity contribution in [3.05, 3.63) is 35.7 Å². The van der Waals surface area contributed by atoms with Crippen LogP contribution in [-0.2, 0) is 37.5 Å². The van der Waals surface area contributed by atoms with Gasteiger partial charge in [0.05, 0.1) is 16.3 Å². The standard InChI is InChI=1S/C15H16FINO2.Y/c1-3-8-20-10-4-5-11(12(16)9-10)14-7-6-13(17)15(19)18(14)2;/h4-5,9,13H,3,6,8H2,1-2H3;/q-1;. The molecule has 111 valence electrons. The number of carbonyl (C=O) groups is 1. The predicted octanol–water partition coefficient (Wildman–Crippen LogP) is 3.42. The zero-order chi connectivity index (χ0) is 14.7. The van der Waals surface area contributed by atoms with Crippen LogP contribution in [0.15, 0.2) is 18.2 Å². The van der Waals surface area contributed by atoms with Crippen LogP contribution < -0.4 is 4.74 Å². The van der Waals surface area contributed by atoms with E-state index in [0.717, 1.165) is 6.42 Å². The van der Waals surface area contributed by atoms with Gasteiger partial charge in [0.2, 0.25) is 5.91 Å². The molecule has 0 saturated heterocycles. The summed E-state index contributed by atoms with van der Waals surface area (Å²) in [5.74, 6) is 0.0861. The smallest absolute Gasteiger partial charge is 0.235 e. The molecule has 0 N–H and O–H groups in total. The molecule has 6 heteroatoms. The number of allylic oxidation sites excluding steroid dienone is 1. The number of alkyl halides is 1. The summed E-state index contributed by atoms with van der Waals surface area (Å²) in [7, 11) is 1.65. The number of rotatable bonds is 4. The van der Waals surface area contributed by atoms with Gasteiger partial charge in [-0.25, -0.2) is 10.5 Å². The Morgan fingerprint density at radius 3 is 2.86 bits per heavy atom. The van der Waals surface area contributed by atoms with Crippen molar-refractivity contribution in [2.45, 2.75) is 23.7 Å². The van der Waals surface area contributed by atoms with Gasteiger partial charge in [-0.1, -0.05) is 35.9 Å². The maximum atomic E-state index is 14.2. The van der Waals surface area contributed by atoms with Crippen LogP contribution in [0, 0.1) is 11.9 Å². The van der Waals surface area contributed by atoms with E-state index in [1.165, 1.54) is 11.0 Å². The number of nitrogens with zero attached hydrogens (tertiary/aromatic N) is 1. The van der Waals surface area contributed by atoms with E-state index < -0.39 is 5.82 Å². The molecule has 0 bridgehead atoms. The topological polar surface area (TPSA) is 29.5 Å². The third-order valence-electron chi connectivity index (χ3n) is 3.05. The number of benzene rings is 1. The van der Waals surface area contributed by atoms with Crippen LogP contribution >= 0.6 is 22.6 Å². The van der Waals surface area contributed by atoms with Crippen LogP contribution in [0.4, 0.5) is 4.39 Å². The number of carbonyl (C=O) groups excluding carboxylic acids is 1. The molecule has 1 atom stereocenters. The number of ether oxygens (including phenoxy) is 1. The van der Waals surface area contributed by atoms with Crippen LogP contribution in [0.25, 0.3) is 5.70 Å². The summed E-state index contributed by atoms with van der Waals surface area (Å²) in [6.07, 6.45) is 4.48. The third-order valence-corrected chi connectivity index (χ3v) is 4.02. The van der Waals surface area contributed by atoms with E-state index >= 15 is 0 Å². The molecule has 0 aliphatic carbocycles. The van der Waals surface area contributed by atoms with Crippen LogP contribution in [-0.4, -0.2) is 28.4 Å². The molecule has 0 spiro atoms. The van der Waals surface area contributed by atoms with E-state index in [1.54, 1.807) is 19.2 Å². The monoisotopic (exact) mass is 477 g/mol. The first kappa shape index (κ1) is 19.0. The Morgan fingerprint density at radius 2 is 2.24 bits per heavy atom. The molecule has 1 aromatic rings. The van der Waals surface area contributed by atoms with Gasteiger partial charge in [0, 0.05) is 39.8 Å². The molecule has 1 unspecified atom stereocenters. The van der Waals surface area contributed by atoms with Crippen LogP contribution in [0.3, 0.4) is 0 Å². The van der Waals surface area contributed by atoms with E-state index in [4.69, 9.17) is 4.74 Å². The number of hydrogen-bond donors (Lipinski definition) is 0. The molecule has 0 saturated carbocycles. The quantitative estimate of drug-likeness (QED) is 0.378. The summed E-state index contributed by atoms with van der Waals surface area (Å²) in [6.45, 7) is 2.55. The van der Waals surface area contributed by atoms with Crippen molar-refractivity contribution < 1.29 is 46.6 Å². The first-order chi connectivity index (χ1) is 9.54. The van der Waals surface area contributed by atoms with Gasteiger partial charge in [0.25, 0.3) is 0 Å². The van der Waals surface area contributed by atoms with E-state index in [0.29, 0.717) is 30.0 Å². The Labute approximate surface area is 163 Å². The molecule has 0 fully saturated rings. The van der Waals surface area contributed by atoms with E-state index in [2.05, 4.69) is 28.7 Å². The maximum absolute atomic E-state index is 14.2. The Kier molecular flexibility index (Phi) is 7.78. The SMILES string of the molecule is CCCOc1ccc(C2=[C-]CC(I)C(=O)N2C)c(F)c1.[Y]. The summed E-state index contributed by atoms with van der Waals surface area (Å²) in [6, 6.07) is 4.71. The van der Waals surface area contributed by atoms with E-state index in [1.807, 2.05) is 6.92 Å². The molecule has 1 aliphatic rings. The zero-order valence-corrected chi connectivity index (χ0v) is 17.0. The Morgan fingerprint density at radius 1 is 1.52 bits per heavy atom. The van der Waals surface area contributed by atoms with Gasteiger partial charge in [0.1, 0.15) is 5.75 Å². The largest absolute Gasteiger partial charge is 0.494 e. The summed E-state index contributed by atoms with van der Waals surface area (Å²) in [5.41, 5.74) is 0.885. The Bertz CT molecular complexity index is 550. The number of amides is 1. The summed E-state index contributed by atoms with van der Waals surface area (Å²) >= 11 is 2.08. The molecule has 0 aromatic heterocycles. The van der Waals surface area contributed by atoms with Gasteiger partial charge in [-0.3, -0.25) is 4.79 Å². The fraction of sp³-hybridized carbons (Fsp3) is 0.400. The fourth-order valence-corrected chi connectivity index (χ4v) is 2.62. The molecule has 1 radical (unpaired) electrons. The van der Waals surface area contributed by atoms with Gasteiger partial charge in [-0.15, -0.1) is 17.3 Å². The number of halogens is 2. The molecule has 1 aliphatic heterocycles. The van der Waals surface area contributed by atoms with Crippen LogP contribution in [0.5, 0.6) is 5.75 Å². The van der Waals surface area contributed by atoms with Crippen molar-refractivity contribution in [3.63, 3.8) is 0 Å². The second-order valence-corrected chi connectivity index (χ2v) is 6.09. The molecule has 3 nitrogen and oxygen atoms in total. The first-order valence-corrected chi connectivity index (χ1v) is 7.74. The molecule has 2 rings (SSSR count). The molecule has 21 heavy (non-hydrogen) atoms. The summed E-state index contributed by atoms with van der Waals surface area (Å²) in [4.78, 5) is 13.4. The normalized spacial score (nSPS) is 18.1. The summed E-state index contributed by atoms with van der Waals surface area (Å²) in [5, 5.41) is 0.